The largest absolute Gasteiger partial charge is 0.643 e. The number of aromatic nitrogens is 2. The molecule has 4 aromatic heterocycles. The fraction of sp³-hybridized carbons (Fsp3) is 0.161. The van der Waals surface area contributed by atoms with Crippen LogP contribution in [0.15, 0.2) is 72.8 Å². The van der Waals surface area contributed by atoms with Crippen molar-refractivity contribution in [1.29, 1.82) is 0 Å². The van der Waals surface area contributed by atoms with Crippen LogP contribution in [-0.4, -0.2) is 35.6 Å². The maximum Gasteiger partial charge on any atom is 0.643 e. The van der Waals surface area contributed by atoms with Crippen LogP contribution in [0.3, 0.4) is 0 Å². The molecule has 9 nitrogen and oxygen atoms in total. The van der Waals surface area contributed by atoms with Crippen LogP contribution in [0.25, 0.3) is 42.2 Å². The molecule has 0 fully saturated rings. The summed E-state index contributed by atoms with van der Waals surface area (Å²) in [4.78, 5) is 0. The lowest BCUT2D eigenvalue weighted by atomic mass is 9.88. The number of rotatable bonds is 6. The molecule has 0 bridgehead atoms. The molecule has 9 rings (SSSR count). The second-order valence-corrected chi connectivity index (χ2v) is 13.7. The second-order valence-electron chi connectivity index (χ2n) is 11.5. The van der Waals surface area contributed by atoms with E-state index in [9.17, 15) is 0 Å². The van der Waals surface area contributed by atoms with Crippen molar-refractivity contribution in [2.24, 2.45) is 17.2 Å². The third-order valence-corrected chi connectivity index (χ3v) is 10.6. The molecule has 0 radical (unpaired) electrons. The maximum absolute atomic E-state index is 6.40. The van der Waals surface area contributed by atoms with Gasteiger partial charge in [-0.3, -0.25) is 0 Å². The Morgan fingerprint density at radius 1 is 0.614 bits per heavy atom. The number of para-hydroxylation sites is 4. The molecule has 6 N–H and O–H groups in total. The van der Waals surface area contributed by atoms with Crippen molar-refractivity contribution in [3.63, 3.8) is 0 Å². The number of benzene rings is 3. The topological polar surface area (TPSA) is 125 Å². The summed E-state index contributed by atoms with van der Waals surface area (Å²) in [6, 6.07) is 24.3. The predicted octanol–water partition coefficient (Wildman–Crippen LogP) is 3.95. The van der Waals surface area contributed by atoms with E-state index in [1.165, 1.54) is 4.70 Å². The Bertz CT molecular complexity index is 2050. The summed E-state index contributed by atoms with van der Waals surface area (Å²) in [6.45, 7) is 3.17. The Kier molecular flexibility index (Phi) is 5.79. The summed E-state index contributed by atoms with van der Waals surface area (Å²) >= 11 is 3.37. The van der Waals surface area contributed by atoms with E-state index >= 15 is 0 Å². The molecule has 0 aliphatic carbocycles. The van der Waals surface area contributed by atoms with E-state index in [1.807, 2.05) is 55.5 Å². The van der Waals surface area contributed by atoms with Crippen molar-refractivity contribution >= 4 is 88.7 Å². The summed E-state index contributed by atoms with van der Waals surface area (Å²) < 4.78 is 33.5. The SMILES string of the molecule is CC(N)Cn1c2cc3c4sc(B5Oc6ccccc6O5)cc4n(CC(N)N)c3cc2c2sc(B3Oc4ccccc4O3)cc21. The molecule has 0 saturated heterocycles. The van der Waals surface area contributed by atoms with Crippen LogP contribution in [0.5, 0.6) is 23.0 Å². The fourth-order valence-electron chi connectivity index (χ4n) is 6.39. The van der Waals surface area contributed by atoms with E-state index in [0.29, 0.717) is 13.1 Å². The molecule has 0 saturated carbocycles. The Balaban J connectivity index is 1.21. The molecule has 44 heavy (non-hydrogen) atoms. The predicted molar refractivity (Wildman–Crippen MR) is 180 cm³/mol. The van der Waals surface area contributed by atoms with Gasteiger partial charge in [0.05, 0.1) is 53.7 Å². The number of thiophene rings is 2. The molecule has 218 valence electrons. The number of nitrogens with zero attached hydrogens (tertiary/aromatic N) is 2. The average molecular weight is 619 g/mol. The van der Waals surface area contributed by atoms with E-state index in [0.717, 1.165) is 70.1 Å². The third-order valence-electron chi connectivity index (χ3n) is 8.19. The molecular formula is C31H27B2N5O4S2. The van der Waals surface area contributed by atoms with Gasteiger partial charge in [-0.2, -0.15) is 0 Å². The maximum atomic E-state index is 6.40. The molecule has 2 aliphatic rings. The van der Waals surface area contributed by atoms with Gasteiger partial charge in [0.1, 0.15) is 23.0 Å². The first kappa shape index (κ1) is 26.3. The molecule has 0 amide bonds. The van der Waals surface area contributed by atoms with Gasteiger partial charge in [0, 0.05) is 23.4 Å². The molecule has 3 aromatic carbocycles. The molecule has 1 atom stereocenters. The van der Waals surface area contributed by atoms with Crippen LogP contribution in [-0.2, 0) is 13.1 Å². The highest BCUT2D eigenvalue weighted by Crippen LogP contribution is 2.42. The van der Waals surface area contributed by atoms with Gasteiger partial charge in [-0.15, -0.1) is 22.7 Å². The lowest BCUT2D eigenvalue weighted by molar-refractivity contribution is 0.519. The lowest BCUT2D eigenvalue weighted by Crippen LogP contribution is -2.37. The summed E-state index contributed by atoms with van der Waals surface area (Å²) in [5.41, 5.74) is 23.2. The Morgan fingerprint density at radius 3 is 1.41 bits per heavy atom. The minimum Gasteiger partial charge on any atom is -0.519 e. The molecular weight excluding hydrogens is 592 g/mol. The van der Waals surface area contributed by atoms with Crippen LogP contribution in [0.4, 0.5) is 0 Å². The quantitative estimate of drug-likeness (QED) is 0.190. The normalized spacial score (nSPS) is 14.8. The number of hydrogen-bond acceptors (Lipinski definition) is 9. The molecule has 1 unspecified atom stereocenters. The van der Waals surface area contributed by atoms with E-state index in [4.69, 9.17) is 35.8 Å². The van der Waals surface area contributed by atoms with E-state index in [2.05, 4.69) is 33.4 Å². The number of hydrogen-bond donors (Lipinski definition) is 3. The van der Waals surface area contributed by atoms with Crippen molar-refractivity contribution in [3.05, 3.63) is 72.8 Å². The number of nitrogens with two attached hydrogens (primary N) is 3. The summed E-state index contributed by atoms with van der Waals surface area (Å²) in [6.07, 6.45) is -0.523. The van der Waals surface area contributed by atoms with Gasteiger partial charge in [-0.1, -0.05) is 24.3 Å². The molecule has 2 aliphatic heterocycles. The van der Waals surface area contributed by atoms with Crippen LogP contribution in [0, 0.1) is 0 Å². The first-order valence-corrected chi connectivity index (χ1v) is 16.2. The fourth-order valence-corrected chi connectivity index (χ4v) is 8.68. The van der Waals surface area contributed by atoms with E-state index in [-0.39, 0.29) is 6.04 Å². The zero-order valence-electron chi connectivity index (χ0n) is 23.7. The average Bonchev–Trinajstić information content (AvgIpc) is 3.83. The zero-order chi connectivity index (χ0) is 29.7. The van der Waals surface area contributed by atoms with Gasteiger partial charge in [-0.25, -0.2) is 0 Å². The van der Waals surface area contributed by atoms with Crippen LogP contribution in [0.1, 0.15) is 6.92 Å². The smallest absolute Gasteiger partial charge is 0.519 e. The first-order chi connectivity index (χ1) is 21.4. The minimum atomic E-state index is -0.523. The lowest BCUT2D eigenvalue weighted by Gasteiger charge is -2.12. The van der Waals surface area contributed by atoms with Gasteiger partial charge in [0.25, 0.3) is 0 Å². The highest BCUT2D eigenvalue weighted by molar-refractivity contribution is 7.29. The highest BCUT2D eigenvalue weighted by Gasteiger charge is 2.38. The van der Waals surface area contributed by atoms with Crippen molar-refractivity contribution in [1.82, 2.24) is 9.13 Å². The Labute approximate surface area is 260 Å². The van der Waals surface area contributed by atoms with Crippen molar-refractivity contribution < 1.29 is 18.6 Å². The van der Waals surface area contributed by atoms with Crippen LogP contribution >= 0.6 is 22.7 Å². The summed E-state index contributed by atoms with van der Waals surface area (Å²) in [5.74, 6) is 3.01. The van der Waals surface area contributed by atoms with Gasteiger partial charge in [0.2, 0.25) is 0 Å². The number of fused-ring (bicyclic) bond motifs is 8. The standard InChI is InChI=1S/C31H27B2N5O4S2/c1-16(34)14-37-19-10-18-20(11-17(19)30-21(37)12-27(43-30)32-39-23-6-2-3-7-24(23)40-32)38(15-29(35)36)22-13-28(44-31(18)22)33-41-25-8-4-5-9-26(25)42-33/h2-13,16,29H,14-15,34-36H2,1H3. The van der Waals surface area contributed by atoms with Gasteiger partial charge in [-0.05, 0) is 55.5 Å². The summed E-state index contributed by atoms with van der Waals surface area (Å²) in [5, 5.41) is 2.28. The molecule has 7 aromatic rings. The molecule has 0 spiro atoms. The van der Waals surface area contributed by atoms with Crippen molar-refractivity contribution in [2.75, 3.05) is 0 Å². The highest BCUT2D eigenvalue weighted by atomic mass is 32.1. The van der Waals surface area contributed by atoms with Gasteiger partial charge in [0.15, 0.2) is 0 Å². The van der Waals surface area contributed by atoms with Gasteiger partial charge >= 0.3 is 14.2 Å². The monoisotopic (exact) mass is 619 g/mol. The first-order valence-electron chi connectivity index (χ1n) is 14.5. The van der Waals surface area contributed by atoms with E-state index in [1.54, 1.807) is 22.7 Å². The van der Waals surface area contributed by atoms with Crippen LogP contribution in [0.2, 0.25) is 0 Å². The van der Waals surface area contributed by atoms with Crippen molar-refractivity contribution in [2.45, 2.75) is 32.2 Å². The Morgan fingerprint density at radius 2 is 1.02 bits per heavy atom. The van der Waals surface area contributed by atoms with E-state index < -0.39 is 20.4 Å². The van der Waals surface area contributed by atoms with Crippen molar-refractivity contribution in [3.8, 4) is 23.0 Å². The zero-order valence-corrected chi connectivity index (χ0v) is 25.4. The van der Waals surface area contributed by atoms with Gasteiger partial charge < -0.3 is 45.0 Å². The molecule has 6 heterocycles. The second kappa shape index (κ2) is 9.68. The third kappa shape index (κ3) is 3.97. The Hall–Kier alpha value is -4.13. The van der Waals surface area contributed by atoms with Crippen LogP contribution < -0.4 is 45.4 Å². The summed E-state index contributed by atoms with van der Waals surface area (Å²) in [7, 11) is -0.984. The minimum absolute atomic E-state index is 0.0393. The molecule has 13 heteroatoms.